The summed E-state index contributed by atoms with van der Waals surface area (Å²) in [4.78, 5) is 0. The number of para-hydroxylation sites is 1. The van der Waals surface area contributed by atoms with Crippen LogP contribution in [0.15, 0.2) is 54.6 Å². The third kappa shape index (κ3) is 4.62. The van der Waals surface area contributed by atoms with Gasteiger partial charge in [0.15, 0.2) is 6.79 Å². The Balaban J connectivity index is 1.82. The minimum Gasteiger partial charge on any atom is -0.468 e. The number of benzene rings is 2. The molecule has 0 fully saturated rings. The molecule has 2 aromatic rings. The highest BCUT2D eigenvalue weighted by atomic mass is 16.7. The SMILES string of the molecule is COCOc1cccc(CNNc2ccccc2)c1. The molecule has 0 aromatic heterocycles. The topological polar surface area (TPSA) is 42.5 Å². The second-order valence-electron chi connectivity index (χ2n) is 4.04. The molecule has 0 spiro atoms. The quantitative estimate of drug-likeness (QED) is 0.592. The van der Waals surface area contributed by atoms with Crippen molar-refractivity contribution in [3.05, 3.63) is 60.2 Å². The fourth-order valence-electron chi connectivity index (χ4n) is 1.64. The molecule has 4 heteroatoms. The smallest absolute Gasteiger partial charge is 0.188 e. The molecular weight excluding hydrogens is 240 g/mol. The molecule has 100 valence electrons. The molecule has 2 rings (SSSR count). The summed E-state index contributed by atoms with van der Waals surface area (Å²) in [5.74, 6) is 0.806. The Bertz CT molecular complexity index is 489. The van der Waals surface area contributed by atoms with Crippen molar-refractivity contribution in [2.75, 3.05) is 19.3 Å². The summed E-state index contributed by atoms with van der Waals surface area (Å²) in [5.41, 5.74) is 8.48. The van der Waals surface area contributed by atoms with Crippen LogP contribution in [0.4, 0.5) is 5.69 Å². The highest BCUT2D eigenvalue weighted by Crippen LogP contribution is 2.13. The van der Waals surface area contributed by atoms with Crippen LogP contribution in [-0.4, -0.2) is 13.9 Å². The van der Waals surface area contributed by atoms with E-state index in [0.717, 1.165) is 17.0 Å². The summed E-state index contributed by atoms with van der Waals surface area (Å²) in [6, 6.07) is 17.9. The zero-order valence-corrected chi connectivity index (χ0v) is 10.9. The Morgan fingerprint density at radius 3 is 2.63 bits per heavy atom. The second-order valence-corrected chi connectivity index (χ2v) is 4.04. The molecular formula is C15H18N2O2. The van der Waals surface area contributed by atoms with Gasteiger partial charge in [0.05, 0.1) is 0 Å². The van der Waals surface area contributed by atoms with Gasteiger partial charge >= 0.3 is 0 Å². The van der Waals surface area contributed by atoms with E-state index in [1.54, 1.807) is 7.11 Å². The van der Waals surface area contributed by atoms with Crippen LogP contribution in [-0.2, 0) is 11.3 Å². The molecule has 2 aromatic carbocycles. The third-order valence-corrected chi connectivity index (χ3v) is 2.54. The van der Waals surface area contributed by atoms with E-state index >= 15 is 0 Å². The Hall–Kier alpha value is -2.04. The van der Waals surface area contributed by atoms with Crippen molar-refractivity contribution >= 4 is 5.69 Å². The minimum absolute atomic E-state index is 0.263. The first-order valence-corrected chi connectivity index (χ1v) is 6.13. The molecule has 0 aliphatic carbocycles. The van der Waals surface area contributed by atoms with Gasteiger partial charge in [-0.25, -0.2) is 5.43 Å². The molecule has 19 heavy (non-hydrogen) atoms. The Morgan fingerprint density at radius 2 is 1.84 bits per heavy atom. The van der Waals surface area contributed by atoms with Crippen LogP contribution in [0.25, 0.3) is 0 Å². The number of hydrogen-bond acceptors (Lipinski definition) is 4. The van der Waals surface area contributed by atoms with Crippen molar-refractivity contribution in [3.8, 4) is 5.75 Å². The van der Waals surface area contributed by atoms with Gasteiger partial charge < -0.3 is 14.9 Å². The predicted molar refractivity (Wildman–Crippen MR) is 75.9 cm³/mol. The van der Waals surface area contributed by atoms with E-state index < -0.39 is 0 Å². The summed E-state index contributed by atoms with van der Waals surface area (Å²) >= 11 is 0. The van der Waals surface area contributed by atoms with Gasteiger partial charge in [0, 0.05) is 19.3 Å². The molecule has 0 unspecified atom stereocenters. The van der Waals surface area contributed by atoms with Crippen LogP contribution >= 0.6 is 0 Å². The number of rotatable bonds is 7. The molecule has 0 aliphatic rings. The van der Waals surface area contributed by atoms with Crippen molar-refractivity contribution in [2.24, 2.45) is 0 Å². The monoisotopic (exact) mass is 258 g/mol. The Morgan fingerprint density at radius 1 is 1.00 bits per heavy atom. The van der Waals surface area contributed by atoms with E-state index in [1.165, 1.54) is 0 Å². The summed E-state index contributed by atoms with van der Waals surface area (Å²) < 4.78 is 10.3. The van der Waals surface area contributed by atoms with Crippen LogP contribution in [0.5, 0.6) is 5.75 Å². The van der Waals surface area contributed by atoms with Gasteiger partial charge in [-0.1, -0.05) is 30.3 Å². The number of ether oxygens (including phenoxy) is 2. The molecule has 0 saturated heterocycles. The van der Waals surface area contributed by atoms with Gasteiger partial charge in [0.1, 0.15) is 5.75 Å². The average molecular weight is 258 g/mol. The Labute approximate surface area is 113 Å². The lowest BCUT2D eigenvalue weighted by Gasteiger charge is -2.10. The standard InChI is InChI=1S/C15H18N2O2/c1-18-12-19-15-9-5-6-13(10-15)11-16-17-14-7-3-2-4-8-14/h2-10,16-17H,11-12H2,1H3. The molecule has 0 radical (unpaired) electrons. The fourth-order valence-corrected chi connectivity index (χ4v) is 1.64. The van der Waals surface area contributed by atoms with Crippen molar-refractivity contribution in [1.29, 1.82) is 0 Å². The largest absolute Gasteiger partial charge is 0.468 e. The molecule has 0 amide bonds. The van der Waals surface area contributed by atoms with Crippen LogP contribution in [0, 0.1) is 0 Å². The van der Waals surface area contributed by atoms with E-state index in [4.69, 9.17) is 9.47 Å². The molecule has 0 atom stereocenters. The summed E-state index contributed by atoms with van der Waals surface area (Å²) in [7, 11) is 1.61. The lowest BCUT2D eigenvalue weighted by atomic mass is 10.2. The average Bonchev–Trinajstić information content (AvgIpc) is 2.47. The van der Waals surface area contributed by atoms with E-state index in [9.17, 15) is 0 Å². The zero-order valence-electron chi connectivity index (χ0n) is 10.9. The Kier molecular flexibility index (Phi) is 5.22. The third-order valence-electron chi connectivity index (χ3n) is 2.54. The molecule has 0 saturated carbocycles. The molecule has 0 bridgehead atoms. The van der Waals surface area contributed by atoms with Gasteiger partial charge in [0.2, 0.25) is 0 Å². The number of hydrogen-bond donors (Lipinski definition) is 2. The number of methoxy groups -OCH3 is 1. The first-order valence-electron chi connectivity index (χ1n) is 6.13. The van der Waals surface area contributed by atoms with Crippen molar-refractivity contribution < 1.29 is 9.47 Å². The zero-order chi connectivity index (χ0) is 13.3. The summed E-state index contributed by atoms with van der Waals surface area (Å²) in [6.45, 7) is 0.970. The summed E-state index contributed by atoms with van der Waals surface area (Å²) in [5, 5.41) is 0. The normalized spacial score (nSPS) is 10.2. The van der Waals surface area contributed by atoms with Crippen LogP contribution in [0.2, 0.25) is 0 Å². The number of anilines is 1. The van der Waals surface area contributed by atoms with Gasteiger partial charge in [-0.15, -0.1) is 0 Å². The van der Waals surface area contributed by atoms with Gasteiger partial charge in [0.25, 0.3) is 0 Å². The molecule has 4 nitrogen and oxygen atoms in total. The minimum atomic E-state index is 0.263. The van der Waals surface area contributed by atoms with E-state index in [-0.39, 0.29) is 6.79 Å². The maximum Gasteiger partial charge on any atom is 0.188 e. The van der Waals surface area contributed by atoms with Crippen molar-refractivity contribution in [2.45, 2.75) is 6.54 Å². The number of nitrogens with one attached hydrogen (secondary N) is 2. The molecule has 2 N–H and O–H groups in total. The van der Waals surface area contributed by atoms with Crippen LogP contribution in [0.3, 0.4) is 0 Å². The van der Waals surface area contributed by atoms with Gasteiger partial charge in [-0.2, -0.15) is 0 Å². The molecule has 0 aliphatic heterocycles. The highest BCUT2D eigenvalue weighted by molar-refractivity contribution is 5.41. The first kappa shape index (κ1) is 13.4. The maximum absolute atomic E-state index is 5.39. The first-order chi connectivity index (χ1) is 9.38. The number of hydrazine groups is 1. The fraction of sp³-hybridized carbons (Fsp3) is 0.200. The van der Waals surface area contributed by atoms with Gasteiger partial charge in [-0.05, 0) is 29.8 Å². The van der Waals surface area contributed by atoms with Crippen LogP contribution < -0.4 is 15.6 Å². The van der Waals surface area contributed by atoms with Crippen molar-refractivity contribution in [1.82, 2.24) is 5.43 Å². The van der Waals surface area contributed by atoms with E-state index in [2.05, 4.69) is 10.9 Å². The second kappa shape index (κ2) is 7.41. The lowest BCUT2D eigenvalue weighted by Crippen LogP contribution is -2.20. The maximum atomic E-state index is 5.39. The predicted octanol–water partition coefficient (Wildman–Crippen LogP) is 2.79. The van der Waals surface area contributed by atoms with Gasteiger partial charge in [-0.3, -0.25) is 0 Å². The molecule has 0 heterocycles. The van der Waals surface area contributed by atoms with Crippen LogP contribution in [0.1, 0.15) is 5.56 Å². The summed E-state index contributed by atoms with van der Waals surface area (Å²) in [6.07, 6.45) is 0. The van der Waals surface area contributed by atoms with E-state index in [1.807, 2.05) is 54.6 Å². The lowest BCUT2D eigenvalue weighted by molar-refractivity contribution is 0.0511. The van der Waals surface area contributed by atoms with Crippen molar-refractivity contribution in [3.63, 3.8) is 0 Å². The highest BCUT2D eigenvalue weighted by Gasteiger charge is 1.97. The van der Waals surface area contributed by atoms with E-state index in [0.29, 0.717) is 6.54 Å².